The topological polar surface area (TPSA) is 61.9 Å². The van der Waals surface area contributed by atoms with Crippen LogP contribution in [0.1, 0.15) is 45.0 Å². The van der Waals surface area contributed by atoms with Gasteiger partial charge in [-0.05, 0) is 52.8 Å². The van der Waals surface area contributed by atoms with Crippen molar-refractivity contribution in [1.82, 2.24) is 4.90 Å². The van der Waals surface area contributed by atoms with Crippen LogP contribution in [0.3, 0.4) is 0 Å². The molecule has 2 rings (SSSR count). The van der Waals surface area contributed by atoms with Gasteiger partial charge >= 0.3 is 18.1 Å². The van der Waals surface area contributed by atoms with Gasteiger partial charge in [0.05, 0.1) is 11.3 Å². The molecule has 1 heterocycles. The lowest BCUT2D eigenvalue weighted by molar-refractivity contribution is -0.185. The van der Waals surface area contributed by atoms with Crippen molar-refractivity contribution >= 4 is 23.3 Å². The molecular weight excluding hydrogens is 387 g/mol. The largest absolute Gasteiger partial charge is 0.471 e. The van der Waals surface area contributed by atoms with Crippen LogP contribution in [-0.4, -0.2) is 60.8 Å². The zero-order valence-corrected chi connectivity index (χ0v) is 17.4. The van der Waals surface area contributed by atoms with E-state index in [1.54, 1.807) is 39.0 Å². The summed E-state index contributed by atoms with van der Waals surface area (Å²) < 4.78 is 43.3. The lowest BCUT2D eigenvalue weighted by atomic mass is 10.1. The SMILES string of the molecule is CC(C)Nc1cc(N2CCN(C(=O)C(F)(F)F)CC2)ccc1C(=O)OC(C)(C)C. The second-order valence-corrected chi connectivity index (χ2v) is 8.31. The third kappa shape index (κ3) is 6.27. The molecule has 0 saturated carbocycles. The number of esters is 1. The Balaban J connectivity index is 2.18. The molecule has 1 fully saturated rings. The van der Waals surface area contributed by atoms with Gasteiger partial charge in [-0.1, -0.05) is 0 Å². The van der Waals surface area contributed by atoms with Crippen molar-refractivity contribution in [3.63, 3.8) is 0 Å². The monoisotopic (exact) mass is 415 g/mol. The molecule has 1 aromatic carbocycles. The van der Waals surface area contributed by atoms with Crippen LogP contribution in [0.5, 0.6) is 0 Å². The van der Waals surface area contributed by atoms with Crippen LogP contribution in [0, 0.1) is 0 Å². The summed E-state index contributed by atoms with van der Waals surface area (Å²) in [7, 11) is 0. The molecule has 1 saturated heterocycles. The first-order chi connectivity index (χ1) is 13.3. The van der Waals surface area contributed by atoms with Crippen LogP contribution in [0.25, 0.3) is 0 Å². The molecule has 1 aliphatic rings. The fraction of sp³-hybridized carbons (Fsp3) is 0.600. The second kappa shape index (κ2) is 8.51. The number of benzene rings is 1. The molecule has 1 amide bonds. The predicted molar refractivity (Wildman–Crippen MR) is 105 cm³/mol. The van der Waals surface area contributed by atoms with E-state index in [0.29, 0.717) is 11.3 Å². The van der Waals surface area contributed by atoms with Crippen LogP contribution in [-0.2, 0) is 9.53 Å². The number of ether oxygens (including phenoxy) is 1. The van der Waals surface area contributed by atoms with Gasteiger partial charge in [0.25, 0.3) is 0 Å². The van der Waals surface area contributed by atoms with Crippen molar-refractivity contribution in [2.45, 2.75) is 52.4 Å². The van der Waals surface area contributed by atoms with Gasteiger partial charge in [0, 0.05) is 37.9 Å². The van der Waals surface area contributed by atoms with Gasteiger partial charge in [-0.3, -0.25) is 4.79 Å². The first kappa shape index (κ1) is 22.8. The average Bonchev–Trinajstić information content (AvgIpc) is 2.58. The van der Waals surface area contributed by atoms with Crippen molar-refractivity contribution in [1.29, 1.82) is 0 Å². The van der Waals surface area contributed by atoms with Gasteiger partial charge in [-0.15, -0.1) is 0 Å². The van der Waals surface area contributed by atoms with Crippen molar-refractivity contribution in [2.24, 2.45) is 0 Å². The number of nitrogens with one attached hydrogen (secondary N) is 1. The van der Waals surface area contributed by atoms with Crippen LogP contribution >= 0.6 is 0 Å². The molecule has 1 aromatic rings. The number of anilines is 2. The Labute approximate surface area is 169 Å². The fourth-order valence-electron chi connectivity index (χ4n) is 3.02. The van der Waals surface area contributed by atoms with E-state index in [2.05, 4.69) is 5.32 Å². The number of amides is 1. The molecule has 0 atom stereocenters. The van der Waals surface area contributed by atoms with E-state index in [1.807, 2.05) is 18.7 Å². The summed E-state index contributed by atoms with van der Waals surface area (Å²) in [4.78, 5) is 26.6. The Kier molecular flexibility index (Phi) is 6.70. The molecule has 1 N–H and O–H groups in total. The zero-order chi connectivity index (χ0) is 22.0. The summed E-state index contributed by atoms with van der Waals surface area (Å²) in [5.41, 5.74) is 1.12. The quantitative estimate of drug-likeness (QED) is 0.761. The molecule has 0 spiro atoms. The molecule has 0 aliphatic carbocycles. The van der Waals surface area contributed by atoms with Gasteiger partial charge in [-0.2, -0.15) is 13.2 Å². The zero-order valence-electron chi connectivity index (χ0n) is 17.4. The highest BCUT2D eigenvalue weighted by Gasteiger charge is 2.43. The molecule has 9 heteroatoms. The molecule has 29 heavy (non-hydrogen) atoms. The molecule has 6 nitrogen and oxygen atoms in total. The van der Waals surface area contributed by atoms with E-state index in [9.17, 15) is 22.8 Å². The minimum absolute atomic E-state index is 0.0148. The maximum absolute atomic E-state index is 12.6. The molecule has 0 unspecified atom stereocenters. The molecule has 162 valence electrons. The minimum Gasteiger partial charge on any atom is -0.456 e. The summed E-state index contributed by atoms with van der Waals surface area (Å²) in [6, 6.07) is 5.25. The third-order valence-electron chi connectivity index (χ3n) is 4.24. The lowest BCUT2D eigenvalue weighted by Crippen LogP contribution is -2.52. The summed E-state index contributed by atoms with van der Waals surface area (Å²) >= 11 is 0. The summed E-state index contributed by atoms with van der Waals surface area (Å²) in [5, 5.41) is 3.23. The Morgan fingerprint density at radius 1 is 1.07 bits per heavy atom. The minimum atomic E-state index is -4.86. The van der Waals surface area contributed by atoms with Crippen molar-refractivity contribution in [3.8, 4) is 0 Å². The number of halogens is 3. The van der Waals surface area contributed by atoms with Crippen molar-refractivity contribution in [2.75, 3.05) is 36.4 Å². The first-order valence-electron chi connectivity index (χ1n) is 9.53. The van der Waals surface area contributed by atoms with Crippen molar-refractivity contribution < 1.29 is 27.5 Å². The van der Waals surface area contributed by atoms with Gasteiger partial charge in [-0.25, -0.2) is 4.79 Å². The summed E-state index contributed by atoms with van der Waals surface area (Å²) in [6.07, 6.45) is -4.86. The number of nitrogens with zero attached hydrogens (tertiary/aromatic N) is 2. The normalized spacial score (nSPS) is 15.5. The van der Waals surface area contributed by atoms with Gasteiger partial charge in [0.1, 0.15) is 5.60 Å². The average molecular weight is 415 g/mol. The van der Waals surface area contributed by atoms with Gasteiger partial charge in [0.15, 0.2) is 0 Å². The fourth-order valence-corrected chi connectivity index (χ4v) is 3.02. The van der Waals surface area contributed by atoms with Gasteiger partial charge in [0.2, 0.25) is 0 Å². The van der Waals surface area contributed by atoms with Crippen molar-refractivity contribution in [3.05, 3.63) is 23.8 Å². The molecule has 0 bridgehead atoms. The highest BCUT2D eigenvalue weighted by atomic mass is 19.4. The standard InChI is InChI=1S/C20H28F3N3O3/c1-13(2)24-16-12-14(6-7-15(16)17(27)29-19(3,4)5)25-8-10-26(11-9-25)18(28)20(21,22)23/h6-7,12-13,24H,8-11H2,1-5H3. The molecule has 0 aromatic heterocycles. The van der Waals surface area contributed by atoms with Gasteiger partial charge < -0.3 is 19.9 Å². The number of piperazine rings is 1. The van der Waals surface area contributed by atoms with E-state index in [1.165, 1.54) is 0 Å². The molecular formula is C20H28F3N3O3. The molecule has 0 radical (unpaired) electrons. The van der Waals surface area contributed by atoms with Crippen LogP contribution < -0.4 is 10.2 Å². The van der Waals surface area contributed by atoms with Crippen LogP contribution in [0.2, 0.25) is 0 Å². The lowest BCUT2D eigenvalue weighted by Gasteiger charge is -2.36. The smallest absolute Gasteiger partial charge is 0.456 e. The number of hydrogen-bond donors (Lipinski definition) is 1. The molecule has 1 aliphatic heterocycles. The maximum atomic E-state index is 12.6. The van der Waals surface area contributed by atoms with E-state index in [0.717, 1.165) is 10.6 Å². The Bertz CT molecular complexity index is 750. The second-order valence-electron chi connectivity index (χ2n) is 8.31. The maximum Gasteiger partial charge on any atom is 0.471 e. The van der Waals surface area contributed by atoms with E-state index in [4.69, 9.17) is 4.74 Å². The first-order valence-corrected chi connectivity index (χ1v) is 9.53. The van der Waals surface area contributed by atoms with Crippen LogP contribution in [0.15, 0.2) is 18.2 Å². The Hall–Kier alpha value is -2.45. The van der Waals surface area contributed by atoms with E-state index >= 15 is 0 Å². The Morgan fingerprint density at radius 2 is 1.66 bits per heavy atom. The highest BCUT2D eigenvalue weighted by molar-refractivity contribution is 5.97. The predicted octanol–water partition coefficient (Wildman–Crippen LogP) is 3.67. The number of carbonyl (C=O) groups is 2. The number of carbonyl (C=O) groups excluding carboxylic acids is 2. The number of alkyl halides is 3. The summed E-state index contributed by atoms with van der Waals surface area (Å²) in [5.74, 6) is -2.26. The number of hydrogen-bond acceptors (Lipinski definition) is 5. The highest BCUT2D eigenvalue weighted by Crippen LogP contribution is 2.28. The van der Waals surface area contributed by atoms with Crippen LogP contribution in [0.4, 0.5) is 24.5 Å². The third-order valence-corrected chi connectivity index (χ3v) is 4.24. The van der Waals surface area contributed by atoms with E-state index < -0.39 is 23.7 Å². The summed E-state index contributed by atoms with van der Waals surface area (Å²) in [6.45, 7) is 9.76. The van der Waals surface area contributed by atoms with E-state index in [-0.39, 0.29) is 32.2 Å². The Morgan fingerprint density at radius 3 is 2.14 bits per heavy atom. The number of rotatable bonds is 4.